The van der Waals surface area contributed by atoms with Gasteiger partial charge in [0.05, 0.1) is 17.8 Å². The maximum Gasteiger partial charge on any atom is 0.496 e. The van der Waals surface area contributed by atoms with Gasteiger partial charge in [-0.15, -0.1) is 0 Å². The molecular weight excluding hydrogens is 291 g/mol. The maximum absolute atomic E-state index is 6.09. The molecule has 0 aromatic carbocycles. The van der Waals surface area contributed by atoms with Crippen molar-refractivity contribution in [3.63, 3.8) is 0 Å². The van der Waals surface area contributed by atoms with Crippen LogP contribution in [0.4, 0.5) is 0 Å². The van der Waals surface area contributed by atoms with Gasteiger partial charge in [0.1, 0.15) is 0 Å². The summed E-state index contributed by atoms with van der Waals surface area (Å²) >= 11 is 0. The molecule has 1 aromatic rings. The minimum Gasteiger partial charge on any atom is -0.478 e. The lowest BCUT2D eigenvalue weighted by Crippen LogP contribution is -2.41. The number of hydrogen-bond acceptors (Lipinski definition) is 5. The number of pyridine rings is 1. The van der Waals surface area contributed by atoms with Crippen molar-refractivity contribution in [3.8, 4) is 5.88 Å². The zero-order valence-corrected chi connectivity index (χ0v) is 15.5. The van der Waals surface area contributed by atoms with Gasteiger partial charge < -0.3 is 18.9 Å². The molecule has 1 saturated heterocycles. The van der Waals surface area contributed by atoms with Crippen LogP contribution in [-0.4, -0.2) is 55.5 Å². The molecule has 1 aliphatic heterocycles. The molecule has 2 heterocycles. The van der Waals surface area contributed by atoms with Crippen molar-refractivity contribution in [2.75, 3.05) is 27.2 Å². The highest BCUT2D eigenvalue weighted by atomic mass is 16.7. The smallest absolute Gasteiger partial charge is 0.478 e. The predicted molar refractivity (Wildman–Crippen MR) is 93.4 cm³/mol. The van der Waals surface area contributed by atoms with Crippen LogP contribution < -0.4 is 10.2 Å². The molecule has 1 aromatic heterocycles. The standard InChI is InChI=1S/C17H29BN2O3/c1-13-11-15(21-10-8-9-20(6)7)19-12-14(13)18-22-16(2,3)17(4,5)23-18/h11-12H,8-10H2,1-7H3. The Labute approximate surface area is 140 Å². The Hall–Kier alpha value is -1.11. The lowest BCUT2D eigenvalue weighted by molar-refractivity contribution is 0.00578. The molecule has 1 fully saturated rings. The van der Waals surface area contributed by atoms with Crippen LogP contribution >= 0.6 is 0 Å². The van der Waals surface area contributed by atoms with E-state index in [1.54, 1.807) is 6.20 Å². The summed E-state index contributed by atoms with van der Waals surface area (Å²) in [7, 11) is 3.74. The summed E-state index contributed by atoms with van der Waals surface area (Å²) in [6, 6.07) is 1.95. The molecule has 128 valence electrons. The molecular formula is C17H29BN2O3. The van der Waals surface area contributed by atoms with Crippen molar-refractivity contribution in [2.24, 2.45) is 0 Å². The number of nitrogens with zero attached hydrogens (tertiary/aromatic N) is 2. The Balaban J connectivity index is 2.00. The first kappa shape index (κ1) is 18.2. The Morgan fingerprint density at radius 3 is 2.30 bits per heavy atom. The van der Waals surface area contributed by atoms with Gasteiger partial charge in [0, 0.05) is 24.3 Å². The number of rotatable bonds is 6. The zero-order chi connectivity index (χ0) is 17.3. The first-order valence-corrected chi connectivity index (χ1v) is 8.22. The van der Waals surface area contributed by atoms with Crippen molar-refractivity contribution in [1.29, 1.82) is 0 Å². The van der Waals surface area contributed by atoms with E-state index < -0.39 is 0 Å². The zero-order valence-electron chi connectivity index (χ0n) is 15.5. The van der Waals surface area contributed by atoms with E-state index in [0.717, 1.165) is 24.0 Å². The summed E-state index contributed by atoms with van der Waals surface area (Å²) in [5.74, 6) is 0.654. The Morgan fingerprint density at radius 1 is 1.17 bits per heavy atom. The van der Waals surface area contributed by atoms with Gasteiger partial charge in [0.15, 0.2) is 0 Å². The van der Waals surface area contributed by atoms with Crippen LogP contribution in [0.25, 0.3) is 0 Å². The third-order valence-corrected chi connectivity index (χ3v) is 4.63. The fraction of sp³-hybridized carbons (Fsp3) is 0.706. The van der Waals surface area contributed by atoms with Crippen molar-refractivity contribution < 1.29 is 14.0 Å². The van der Waals surface area contributed by atoms with Crippen molar-refractivity contribution in [3.05, 3.63) is 17.8 Å². The Kier molecular flexibility index (Phi) is 5.39. The molecule has 0 unspecified atom stereocenters. The summed E-state index contributed by atoms with van der Waals surface area (Å²) in [5.41, 5.74) is 1.35. The molecule has 0 atom stereocenters. The first-order chi connectivity index (χ1) is 10.6. The second-order valence-electron chi connectivity index (χ2n) is 7.47. The van der Waals surface area contributed by atoms with E-state index in [4.69, 9.17) is 14.0 Å². The van der Waals surface area contributed by atoms with Crippen molar-refractivity contribution >= 4 is 12.6 Å². The highest BCUT2D eigenvalue weighted by Gasteiger charge is 2.52. The SMILES string of the molecule is Cc1cc(OCCCN(C)C)ncc1B1OC(C)(C)C(C)(C)O1. The fourth-order valence-electron chi connectivity index (χ4n) is 2.39. The third kappa shape index (κ3) is 4.25. The summed E-state index contributed by atoms with van der Waals surface area (Å²) in [4.78, 5) is 6.54. The molecule has 1 aliphatic rings. The van der Waals surface area contributed by atoms with E-state index in [1.807, 2.05) is 13.0 Å². The maximum atomic E-state index is 6.09. The van der Waals surface area contributed by atoms with E-state index in [9.17, 15) is 0 Å². The molecule has 5 nitrogen and oxygen atoms in total. The van der Waals surface area contributed by atoms with Crippen molar-refractivity contribution in [2.45, 2.75) is 52.2 Å². The molecule has 0 aliphatic carbocycles. The average Bonchev–Trinajstić information content (AvgIpc) is 2.63. The lowest BCUT2D eigenvalue weighted by Gasteiger charge is -2.32. The molecule has 0 spiro atoms. The molecule has 6 heteroatoms. The average molecular weight is 320 g/mol. The summed E-state index contributed by atoms with van der Waals surface area (Å²) in [5, 5.41) is 0. The number of aromatic nitrogens is 1. The van der Waals surface area contributed by atoms with Gasteiger partial charge in [-0.3, -0.25) is 0 Å². The quantitative estimate of drug-likeness (QED) is 0.593. The van der Waals surface area contributed by atoms with Gasteiger partial charge in [0.25, 0.3) is 0 Å². The van der Waals surface area contributed by atoms with Crippen LogP contribution in [0, 0.1) is 6.92 Å². The largest absolute Gasteiger partial charge is 0.496 e. The van der Waals surface area contributed by atoms with E-state index in [0.29, 0.717) is 12.5 Å². The lowest BCUT2D eigenvalue weighted by atomic mass is 9.77. The van der Waals surface area contributed by atoms with Crippen LogP contribution in [-0.2, 0) is 9.31 Å². The van der Waals surface area contributed by atoms with Crippen molar-refractivity contribution in [1.82, 2.24) is 9.88 Å². The molecule has 2 rings (SSSR count). The van der Waals surface area contributed by atoms with E-state index in [-0.39, 0.29) is 18.3 Å². The van der Waals surface area contributed by atoms with Crippen LogP contribution in [0.15, 0.2) is 12.3 Å². The normalized spacial score (nSPS) is 19.4. The predicted octanol–water partition coefficient (Wildman–Crippen LogP) is 2.02. The number of ether oxygens (including phenoxy) is 1. The van der Waals surface area contributed by atoms with Crippen LogP contribution in [0.3, 0.4) is 0 Å². The number of aryl methyl sites for hydroxylation is 1. The van der Waals surface area contributed by atoms with Gasteiger partial charge in [-0.2, -0.15) is 0 Å². The van der Waals surface area contributed by atoms with Gasteiger partial charge >= 0.3 is 7.12 Å². The minimum absolute atomic E-state index is 0.342. The molecule has 0 bridgehead atoms. The van der Waals surface area contributed by atoms with Crippen LogP contribution in [0.1, 0.15) is 39.7 Å². The summed E-state index contributed by atoms with van der Waals surface area (Å²) in [6.45, 7) is 11.9. The van der Waals surface area contributed by atoms with E-state index in [1.165, 1.54) is 0 Å². The highest BCUT2D eigenvalue weighted by Crippen LogP contribution is 2.36. The second-order valence-corrected chi connectivity index (χ2v) is 7.47. The molecule has 0 amide bonds. The minimum atomic E-state index is -0.379. The van der Waals surface area contributed by atoms with E-state index >= 15 is 0 Å². The highest BCUT2D eigenvalue weighted by molar-refractivity contribution is 6.62. The monoisotopic (exact) mass is 320 g/mol. The topological polar surface area (TPSA) is 43.8 Å². The van der Waals surface area contributed by atoms with Gasteiger partial charge in [0.2, 0.25) is 5.88 Å². The van der Waals surface area contributed by atoms with Crippen LogP contribution in [0.5, 0.6) is 5.88 Å². The fourth-order valence-corrected chi connectivity index (χ4v) is 2.39. The first-order valence-electron chi connectivity index (χ1n) is 8.22. The Morgan fingerprint density at radius 2 is 1.78 bits per heavy atom. The van der Waals surface area contributed by atoms with Gasteiger partial charge in [-0.1, -0.05) is 0 Å². The molecule has 0 saturated carbocycles. The van der Waals surface area contributed by atoms with Crippen LogP contribution in [0.2, 0.25) is 0 Å². The Bertz CT molecular complexity index is 531. The third-order valence-electron chi connectivity index (χ3n) is 4.63. The summed E-state index contributed by atoms with van der Waals surface area (Å²) < 4.78 is 17.9. The van der Waals surface area contributed by atoms with E-state index in [2.05, 4.69) is 51.7 Å². The second kappa shape index (κ2) is 6.79. The number of hydrogen-bond donors (Lipinski definition) is 0. The van der Waals surface area contributed by atoms with Gasteiger partial charge in [-0.25, -0.2) is 4.98 Å². The molecule has 0 radical (unpaired) electrons. The molecule has 23 heavy (non-hydrogen) atoms. The van der Waals surface area contributed by atoms with Gasteiger partial charge in [-0.05, 0) is 60.7 Å². The summed E-state index contributed by atoms with van der Waals surface area (Å²) in [6.07, 6.45) is 2.78. The molecule has 0 N–H and O–H groups in total.